The summed E-state index contributed by atoms with van der Waals surface area (Å²) in [5, 5.41) is 6.38. The number of thiazole rings is 1. The normalized spacial score (nSPS) is 15.9. The van der Waals surface area contributed by atoms with Crippen molar-refractivity contribution in [3.8, 4) is 0 Å². The summed E-state index contributed by atoms with van der Waals surface area (Å²) in [6.07, 6.45) is 4.31. The van der Waals surface area contributed by atoms with Gasteiger partial charge in [0, 0.05) is 24.5 Å². The largest absolute Gasteiger partial charge is 0.423 e. The summed E-state index contributed by atoms with van der Waals surface area (Å²) in [4.78, 5) is 11.1. The first-order valence-corrected chi connectivity index (χ1v) is 9.70. The highest BCUT2D eigenvalue weighted by atomic mass is 32.1. The van der Waals surface area contributed by atoms with Crippen molar-refractivity contribution in [3.63, 3.8) is 0 Å². The van der Waals surface area contributed by atoms with Gasteiger partial charge in [0.05, 0.1) is 5.69 Å². The first-order valence-electron chi connectivity index (χ1n) is 8.82. The fourth-order valence-corrected chi connectivity index (χ4v) is 3.88. The molecule has 1 fully saturated rings. The molecule has 0 saturated carbocycles. The Morgan fingerprint density at radius 3 is 2.84 bits per heavy atom. The van der Waals surface area contributed by atoms with Crippen LogP contribution in [0.25, 0.3) is 11.1 Å². The molecule has 3 N–H and O–H groups in total. The van der Waals surface area contributed by atoms with E-state index < -0.39 is 0 Å². The van der Waals surface area contributed by atoms with Crippen LogP contribution in [0.4, 0.5) is 11.1 Å². The Hall–Kier alpha value is -2.12. The quantitative estimate of drug-likeness (QED) is 0.660. The molecule has 0 aliphatic carbocycles. The van der Waals surface area contributed by atoms with E-state index in [4.69, 9.17) is 10.2 Å². The molecule has 132 valence electrons. The van der Waals surface area contributed by atoms with Crippen molar-refractivity contribution in [3.05, 3.63) is 35.3 Å². The first kappa shape index (κ1) is 16.4. The average molecular weight is 357 g/mol. The predicted octanol–water partition coefficient (Wildman–Crippen LogP) is 3.06. The van der Waals surface area contributed by atoms with E-state index >= 15 is 0 Å². The minimum atomic E-state index is 0.570. The van der Waals surface area contributed by atoms with Gasteiger partial charge in [-0.15, -0.1) is 11.3 Å². The molecule has 0 bridgehead atoms. The van der Waals surface area contributed by atoms with E-state index in [1.54, 1.807) is 0 Å². The summed E-state index contributed by atoms with van der Waals surface area (Å²) in [6.45, 7) is 2.98. The number of aryl methyl sites for hydroxylation is 1. The number of nitrogens with zero attached hydrogens (tertiary/aromatic N) is 3. The molecule has 1 aliphatic heterocycles. The van der Waals surface area contributed by atoms with E-state index in [2.05, 4.69) is 20.2 Å². The standard InChI is InChI=1S/C18H23N5OS/c19-17-21-14(12-25-17)4-3-9-20-13-7-10-23(11-8-13)18-22-15-5-1-2-6-16(15)24-18/h1-2,5-6,12-13,20H,3-4,7-11H2,(H2,19,21). The second kappa shape index (κ2) is 7.41. The van der Waals surface area contributed by atoms with E-state index in [0.29, 0.717) is 11.2 Å². The number of nitrogens with two attached hydrogens (primary N) is 1. The van der Waals surface area contributed by atoms with Gasteiger partial charge in [0.15, 0.2) is 10.7 Å². The monoisotopic (exact) mass is 357 g/mol. The topological polar surface area (TPSA) is 80.2 Å². The lowest BCUT2D eigenvalue weighted by atomic mass is 10.1. The summed E-state index contributed by atoms with van der Waals surface area (Å²) >= 11 is 1.52. The van der Waals surface area contributed by atoms with Gasteiger partial charge in [-0.3, -0.25) is 0 Å². The molecule has 4 rings (SSSR count). The smallest absolute Gasteiger partial charge is 0.298 e. The van der Waals surface area contributed by atoms with Crippen molar-refractivity contribution >= 4 is 33.6 Å². The van der Waals surface area contributed by atoms with Crippen LogP contribution in [-0.2, 0) is 6.42 Å². The van der Waals surface area contributed by atoms with E-state index in [1.807, 2.05) is 29.6 Å². The molecular weight excluding hydrogens is 334 g/mol. The zero-order chi connectivity index (χ0) is 17.1. The lowest BCUT2D eigenvalue weighted by Gasteiger charge is -2.31. The van der Waals surface area contributed by atoms with Crippen molar-refractivity contribution in [2.75, 3.05) is 30.3 Å². The SMILES string of the molecule is Nc1nc(CCCNC2CCN(c3nc4ccccc4o3)CC2)cs1. The van der Waals surface area contributed by atoms with Gasteiger partial charge in [-0.25, -0.2) is 4.98 Å². The molecule has 25 heavy (non-hydrogen) atoms. The molecule has 0 unspecified atom stereocenters. The van der Waals surface area contributed by atoms with Gasteiger partial charge in [-0.1, -0.05) is 12.1 Å². The third kappa shape index (κ3) is 3.93. The molecule has 2 aromatic heterocycles. The van der Waals surface area contributed by atoms with Crippen molar-refractivity contribution in [1.29, 1.82) is 0 Å². The lowest BCUT2D eigenvalue weighted by molar-refractivity contribution is 0.399. The summed E-state index contributed by atoms with van der Waals surface area (Å²) < 4.78 is 5.87. The van der Waals surface area contributed by atoms with E-state index in [-0.39, 0.29) is 0 Å². The Balaban J connectivity index is 1.21. The molecule has 3 heterocycles. The molecule has 0 amide bonds. The van der Waals surface area contributed by atoms with Gasteiger partial charge in [0.1, 0.15) is 5.52 Å². The number of para-hydroxylation sites is 2. The van der Waals surface area contributed by atoms with Crippen LogP contribution in [0.15, 0.2) is 34.1 Å². The fourth-order valence-electron chi connectivity index (χ4n) is 3.28. The Morgan fingerprint density at radius 1 is 1.24 bits per heavy atom. The van der Waals surface area contributed by atoms with Crippen molar-refractivity contribution in [2.24, 2.45) is 0 Å². The molecule has 1 saturated heterocycles. The van der Waals surface area contributed by atoms with Crippen LogP contribution in [0.3, 0.4) is 0 Å². The van der Waals surface area contributed by atoms with Gasteiger partial charge in [0.2, 0.25) is 0 Å². The second-order valence-corrected chi connectivity index (χ2v) is 7.35. The Kier molecular flexibility index (Phi) is 4.85. The van der Waals surface area contributed by atoms with E-state index in [1.165, 1.54) is 11.3 Å². The zero-order valence-electron chi connectivity index (χ0n) is 14.1. The Bertz CT molecular complexity index is 789. The molecule has 6 nitrogen and oxygen atoms in total. The highest BCUT2D eigenvalue weighted by Gasteiger charge is 2.22. The number of nitrogen functional groups attached to an aromatic ring is 1. The number of rotatable bonds is 6. The second-order valence-electron chi connectivity index (χ2n) is 6.46. The van der Waals surface area contributed by atoms with Crippen LogP contribution in [0.5, 0.6) is 0 Å². The molecule has 7 heteroatoms. The van der Waals surface area contributed by atoms with Crippen molar-refractivity contribution in [2.45, 2.75) is 31.7 Å². The van der Waals surface area contributed by atoms with Gasteiger partial charge >= 0.3 is 0 Å². The predicted molar refractivity (Wildman–Crippen MR) is 102 cm³/mol. The summed E-state index contributed by atoms with van der Waals surface area (Å²) in [5.41, 5.74) is 8.56. The van der Waals surface area contributed by atoms with Gasteiger partial charge in [-0.05, 0) is 44.4 Å². The van der Waals surface area contributed by atoms with Crippen LogP contribution in [-0.4, -0.2) is 35.6 Å². The van der Waals surface area contributed by atoms with E-state index in [9.17, 15) is 0 Å². The Morgan fingerprint density at radius 2 is 2.08 bits per heavy atom. The summed E-state index contributed by atoms with van der Waals surface area (Å²) in [5.74, 6) is 0. The van der Waals surface area contributed by atoms with Crippen LogP contribution in [0.1, 0.15) is 25.0 Å². The number of piperidine rings is 1. The van der Waals surface area contributed by atoms with Crippen LogP contribution >= 0.6 is 11.3 Å². The molecular formula is C18H23N5OS. The molecule has 1 aliphatic rings. The highest BCUT2D eigenvalue weighted by molar-refractivity contribution is 7.13. The number of aromatic nitrogens is 2. The molecule has 0 spiro atoms. The number of hydrogen-bond donors (Lipinski definition) is 2. The first-order chi connectivity index (χ1) is 12.3. The average Bonchev–Trinajstić information content (AvgIpc) is 3.25. The third-order valence-corrected chi connectivity index (χ3v) is 5.38. The van der Waals surface area contributed by atoms with Crippen molar-refractivity contribution in [1.82, 2.24) is 15.3 Å². The van der Waals surface area contributed by atoms with E-state index in [0.717, 1.165) is 68.1 Å². The number of fused-ring (bicyclic) bond motifs is 1. The number of hydrogen-bond acceptors (Lipinski definition) is 7. The maximum Gasteiger partial charge on any atom is 0.298 e. The highest BCUT2D eigenvalue weighted by Crippen LogP contribution is 2.24. The number of anilines is 2. The zero-order valence-corrected chi connectivity index (χ0v) is 15.0. The van der Waals surface area contributed by atoms with Gasteiger partial charge < -0.3 is 20.4 Å². The molecule has 3 aromatic rings. The van der Waals surface area contributed by atoms with Gasteiger partial charge in [0.25, 0.3) is 6.01 Å². The molecule has 0 radical (unpaired) electrons. The summed E-state index contributed by atoms with van der Waals surface area (Å²) in [7, 11) is 0. The third-order valence-electron chi connectivity index (χ3n) is 4.66. The fraction of sp³-hybridized carbons (Fsp3) is 0.444. The van der Waals surface area contributed by atoms with Crippen molar-refractivity contribution < 1.29 is 4.42 Å². The maximum absolute atomic E-state index is 5.87. The van der Waals surface area contributed by atoms with Crippen LogP contribution < -0.4 is 16.0 Å². The number of oxazole rings is 1. The molecule has 1 aromatic carbocycles. The molecule has 0 atom stereocenters. The van der Waals surface area contributed by atoms with Crippen LogP contribution in [0.2, 0.25) is 0 Å². The Labute approximate surface area is 151 Å². The number of benzene rings is 1. The minimum Gasteiger partial charge on any atom is -0.423 e. The number of nitrogens with one attached hydrogen (secondary N) is 1. The van der Waals surface area contributed by atoms with Crippen LogP contribution in [0, 0.1) is 0 Å². The summed E-state index contributed by atoms with van der Waals surface area (Å²) in [6, 6.07) is 9.25. The minimum absolute atomic E-state index is 0.570. The van der Waals surface area contributed by atoms with Gasteiger partial charge in [-0.2, -0.15) is 4.98 Å². The maximum atomic E-state index is 5.87. The lowest BCUT2D eigenvalue weighted by Crippen LogP contribution is -2.43.